The molecule has 0 bridgehead atoms. The second-order valence-corrected chi connectivity index (χ2v) is 4.68. The zero-order valence-corrected chi connectivity index (χ0v) is 9.34. The van der Waals surface area contributed by atoms with Gasteiger partial charge in [0.15, 0.2) is 0 Å². The predicted molar refractivity (Wildman–Crippen MR) is 56.7 cm³/mol. The fourth-order valence-corrected chi connectivity index (χ4v) is 2.73. The molecule has 1 aliphatic carbocycles. The summed E-state index contributed by atoms with van der Waals surface area (Å²) in [4.78, 5) is 0. The van der Waals surface area contributed by atoms with E-state index in [1.165, 1.54) is 38.5 Å². The zero-order chi connectivity index (χ0) is 9.90. The van der Waals surface area contributed by atoms with Crippen molar-refractivity contribution in [3.05, 3.63) is 0 Å². The molecule has 0 amide bonds. The first-order valence-electron chi connectivity index (χ1n) is 5.85. The molecule has 1 nitrogen and oxygen atoms in total. The lowest BCUT2D eigenvalue weighted by atomic mass is 9.79. The van der Waals surface area contributed by atoms with E-state index in [1.54, 1.807) is 0 Å². The van der Waals surface area contributed by atoms with Crippen molar-refractivity contribution in [2.24, 2.45) is 11.3 Å². The Morgan fingerprint density at radius 3 is 1.85 bits per heavy atom. The molecule has 1 N–H and O–H groups in total. The molecular formula is C12H24O. The lowest BCUT2D eigenvalue weighted by Crippen LogP contribution is -2.27. The average Bonchev–Trinajstić information content (AvgIpc) is 2.84. The number of rotatable bonds is 6. The van der Waals surface area contributed by atoms with Crippen LogP contribution in [0, 0.1) is 11.3 Å². The van der Waals surface area contributed by atoms with E-state index in [0.29, 0.717) is 5.41 Å². The Morgan fingerprint density at radius 1 is 1.15 bits per heavy atom. The van der Waals surface area contributed by atoms with Gasteiger partial charge >= 0.3 is 0 Å². The summed E-state index contributed by atoms with van der Waals surface area (Å²) in [6.45, 7) is 6.48. The lowest BCUT2D eigenvalue weighted by molar-refractivity contribution is 0.0611. The molecular weight excluding hydrogens is 160 g/mol. The lowest BCUT2D eigenvalue weighted by Gasteiger charge is -2.29. The molecule has 0 aliphatic heterocycles. The standard InChI is InChI=1S/C12H24O/c1-4-6-11(7-5-2)12(8-9-12)10(3)13/h10-11,13H,4-9H2,1-3H3. The molecule has 0 aromatic carbocycles. The van der Waals surface area contributed by atoms with Crippen LogP contribution in [0.2, 0.25) is 0 Å². The third-order valence-electron chi connectivity index (χ3n) is 3.75. The first kappa shape index (κ1) is 11.0. The van der Waals surface area contributed by atoms with Gasteiger partial charge in [-0.25, -0.2) is 0 Å². The van der Waals surface area contributed by atoms with Crippen molar-refractivity contribution in [3.8, 4) is 0 Å². The molecule has 0 radical (unpaired) electrons. The fourth-order valence-electron chi connectivity index (χ4n) is 2.73. The summed E-state index contributed by atoms with van der Waals surface area (Å²) in [6, 6.07) is 0. The molecule has 0 saturated heterocycles. The van der Waals surface area contributed by atoms with Gasteiger partial charge in [-0.3, -0.25) is 0 Å². The van der Waals surface area contributed by atoms with Gasteiger partial charge in [-0.05, 0) is 31.1 Å². The largest absolute Gasteiger partial charge is 0.393 e. The van der Waals surface area contributed by atoms with E-state index in [1.807, 2.05) is 6.92 Å². The van der Waals surface area contributed by atoms with Crippen LogP contribution in [0.5, 0.6) is 0 Å². The Hall–Kier alpha value is -0.0400. The minimum absolute atomic E-state index is 0.0874. The van der Waals surface area contributed by atoms with Gasteiger partial charge in [0, 0.05) is 0 Å². The van der Waals surface area contributed by atoms with Crippen molar-refractivity contribution < 1.29 is 5.11 Å². The number of hydrogen-bond acceptors (Lipinski definition) is 1. The van der Waals surface area contributed by atoms with Gasteiger partial charge < -0.3 is 5.11 Å². The average molecular weight is 184 g/mol. The highest BCUT2D eigenvalue weighted by Gasteiger charge is 2.51. The first-order chi connectivity index (χ1) is 6.17. The summed E-state index contributed by atoms with van der Waals surface area (Å²) in [5.41, 5.74) is 0.325. The molecule has 1 heteroatoms. The molecule has 1 atom stereocenters. The maximum absolute atomic E-state index is 9.77. The Labute approximate surface area is 82.5 Å². The monoisotopic (exact) mass is 184 g/mol. The SMILES string of the molecule is CCCC(CCC)C1(C(C)O)CC1. The second-order valence-electron chi connectivity index (χ2n) is 4.68. The molecule has 0 aromatic rings. The van der Waals surface area contributed by atoms with E-state index in [2.05, 4.69) is 13.8 Å². The summed E-state index contributed by atoms with van der Waals surface area (Å²) < 4.78 is 0. The molecule has 0 heterocycles. The Morgan fingerprint density at radius 2 is 1.62 bits per heavy atom. The molecule has 78 valence electrons. The molecule has 0 aromatic heterocycles. The number of aliphatic hydroxyl groups is 1. The highest BCUT2D eigenvalue weighted by Crippen LogP contribution is 2.57. The minimum Gasteiger partial charge on any atom is -0.393 e. The zero-order valence-electron chi connectivity index (χ0n) is 9.34. The van der Waals surface area contributed by atoms with Crippen LogP contribution in [0.1, 0.15) is 59.3 Å². The van der Waals surface area contributed by atoms with E-state index < -0.39 is 0 Å². The van der Waals surface area contributed by atoms with Gasteiger partial charge in [0.1, 0.15) is 0 Å². The Balaban J connectivity index is 2.52. The molecule has 0 spiro atoms. The van der Waals surface area contributed by atoms with Crippen molar-refractivity contribution in [3.63, 3.8) is 0 Å². The van der Waals surface area contributed by atoms with Crippen LogP contribution in [0.15, 0.2) is 0 Å². The summed E-state index contributed by atoms with van der Waals surface area (Å²) in [5.74, 6) is 0.780. The molecule has 13 heavy (non-hydrogen) atoms. The summed E-state index contributed by atoms with van der Waals surface area (Å²) in [5, 5.41) is 9.77. The van der Waals surface area contributed by atoms with E-state index in [9.17, 15) is 5.11 Å². The van der Waals surface area contributed by atoms with Crippen molar-refractivity contribution in [2.45, 2.75) is 65.4 Å². The first-order valence-corrected chi connectivity index (χ1v) is 5.85. The summed E-state index contributed by atoms with van der Waals surface area (Å²) >= 11 is 0. The predicted octanol–water partition coefficient (Wildman–Crippen LogP) is 3.36. The van der Waals surface area contributed by atoms with Crippen molar-refractivity contribution in [1.82, 2.24) is 0 Å². The smallest absolute Gasteiger partial charge is 0.0570 e. The van der Waals surface area contributed by atoms with Crippen LogP contribution in [-0.2, 0) is 0 Å². The number of aliphatic hydroxyl groups excluding tert-OH is 1. The Kier molecular flexibility index (Phi) is 3.78. The van der Waals surface area contributed by atoms with Crippen LogP contribution in [0.4, 0.5) is 0 Å². The molecule has 1 rings (SSSR count). The second kappa shape index (κ2) is 4.45. The minimum atomic E-state index is -0.0874. The van der Waals surface area contributed by atoms with Crippen LogP contribution in [0.3, 0.4) is 0 Å². The van der Waals surface area contributed by atoms with Gasteiger partial charge in [0.25, 0.3) is 0 Å². The van der Waals surface area contributed by atoms with E-state index in [0.717, 1.165) is 5.92 Å². The topological polar surface area (TPSA) is 20.2 Å². The van der Waals surface area contributed by atoms with Crippen molar-refractivity contribution >= 4 is 0 Å². The normalized spacial score (nSPS) is 21.9. The van der Waals surface area contributed by atoms with Gasteiger partial charge in [-0.1, -0.05) is 39.5 Å². The van der Waals surface area contributed by atoms with Gasteiger partial charge in [0.05, 0.1) is 6.10 Å². The quantitative estimate of drug-likeness (QED) is 0.671. The van der Waals surface area contributed by atoms with Crippen LogP contribution in [-0.4, -0.2) is 11.2 Å². The molecule has 1 fully saturated rings. The molecule has 1 aliphatic rings. The van der Waals surface area contributed by atoms with Crippen LogP contribution < -0.4 is 0 Å². The van der Waals surface area contributed by atoms with E-state index in [-0.39, 0.29) is 6.10 Å². The highest BCUT2D eigenvalue weighted by molar-refractivity contribution is 5.01. The van der Waals surface area contributed by atoms with E-state index in [4.69, 9.17) is 0 Å². The molecule has 1 saturated carbocycles. The van der Waals surface area contributed by atoms with Gasteiger partial charge in [-0.2, -0.15) is 0 Å². The maximum atomic E-state index is 9.77. The van der Waals surface area contributed by atoms with Gasteiger partial charge in [0.2, 0.25) is 0 Å². The van der Waals surface area contributed by atoms with Gasteiger partial charge in [-0.15, -0.1) is 0 Å². The fraction of sp³-hybridized carbons (Fsp3) is 1.00. The van der Waals surface area contributed by atoms with E-state index >= 15 is 0 Å². The maximum Gasteiger partial charge on any atom is 0.0570 e. The Bertz CT molecular complexity index is 141. The highest BCUT2D eigenvalue weighted by atomic mass is 16.3. The van der Waals surface area contributed by atoms with Crippen LogP contribution >= 0.6 is 0 Å². The third-order valence-corrected chi connectivity index (χ3v) is 3.75. The van der Waals surface area contributed by atoms with Crippen molar-refractivity contribution in [2.75, 3.05) is 0 Å². The summed E-state index contributed by atoms with van der Waals surface area (Å²) in [6.07, 6.45) is 7.57. The van der Waals surface area contributed by atoms with Crippen molar-refractivity contribution in [1.29, 1.82) is 0 Å². The summed E-state index contributed by atoms with van der Waals surface area (Å²) in [7, 11) is 0. The number of hydrogen-bond donors (Lipinski definition) is 1. The van der Waals surface area contributed by atoms with Crippen LogP contribution in [0.25, 0.3) is 0 Å². The third kappa shape index (κ3) is 2.25. The molecule has 1 unspecified atom stereocenters.